The largest absolute Gasteiger partial charge is 0.480 e. The van der Waals surface area contributed by atoms with Crippen LogP contribution in [0.15, 0.2) is 94.6 Å². The highest BCUT2D eigenvalue weighted by Crippen LogP contribution is 2.65. The number of allylic oxidation sites excluding steroid dienone is 3. The SMILES string of the molecule is CC(=O)N[C@H](CSCC1=C(C)C=C2C(=O)[C@](C)(O)C3(CC3)C(C)=C21)C(=O)N[C@@H](Cc1ccccc1)C(=O)NCC(=O)N[C@@H](Cc1ccccc1)C(=O)O. The van der Waals surface area contributed by atoms with Crippen LogP contribution in [0.4, 0.5) is 0 Å². The summed E-state index contributed by atoms with van der Waals surface area (Å²) in [6.07, 6.45) is 3.42. The minimum Gasteiger partial charge on any atom is -0.480 e. The summed E-state index contributed by atoms with van der Waals surface area (Å²) in [6, 6.07) is 14.4. The number of thioether (sulfide) groups is 1. The van der Waals surface area contributed by atoms with Crippen LogP contribution in [-0.4, -0.2) is 87.4 Å². The van der Waals surface area contributed by atoms with Gasteiger partial charge >= 0.3 is 5.97 Å². The maximum absolute atomic E-state index is 13.7. The fraction of sp³-hybridized carbons (Fsp3) is 0.400. The Balaban J connectivity index is 1.24. The topological polar surface area (TPSA) is 191 Å². The van der Waals surface area contributed by atoms with Gasteiger partial charge in [-0.1, -0.05) is 66.2 Å². The molecule has 2 aromatic carbocycles. The van der Waals surface area contributed by atoms with Gasteiger partial charge in [-0.25, -0.2) is 4.79 Å². The number of carboxylic acid groups (broad SMARTS) is 1. The number of hydrogen-bond donors (Lipinski definition) is 6. The first-order valence-electron chi connectivity index (χ1n) is 17.6. The van der Waals surface area contributed by atoms with Crippen LogP contribution in [0.3, 0.4) is 0 Å². The molecule has 0 bridgehead atoms. The molecule has 1 fully saturated rings. The molecule has 2 aromatic rings. The van der Waals surface area contributed by atoms with Crippen molar-refractivity contribution in [1.82, 2.24) is 21.3 Å². The lowest BCUT2D eigenvalue weighted by molar-refractivity contribution is -0.141. The molecule has 12 nitrogen and oxygen atoms in total. The Morgan fingerprint density at radius 1 is 0.830 bits per heavy atom. The molecule has 0 heterocycles. The number of fused-ring (bicyclic) bond motifs is 1. The maximum Gasteiger partial charge on any atom is 0.326 e. The monoisotopic (exact) mass is 742 g/mol. The number of hydrogen-bond acceptors (Lipinski definition) is 8. The molecule has 0 unspecified atom stereocenters. The lowest BCUT2D eigenvalue weighted by Crippen LogP contribution is -2.56. The van der Waals surface area contributed by atoms with Crippen molar-refractivity contribution in [3.63, 3.8) is 0 Å². The molecule has 3 aliphatic carbocycles. The highest BCUT2D eigenvalue weighted by atomic mass is 32.2. The van der Waals surface area contributed by atoms with E-state index in [0.717, 1.165) is 46.3 Å². The zero-order chi connectivity index (χ0) is 38.5. The lowest BCUT2D eigenvalue weighted by Gasteiger charge is -2.39. The average molecular weight is 743 g/mol. The van der Waals surface area contributed by atoms with Crippen LogP contribution in [0.1, 0.15) is 51.7 Å². The molecular formula is C40H46N4O8S. The van der Waals surface area contributed by atoms with Gasteiger partial charge in [-0.2, -0.15) is 11.8 Å². The van der Waals surface area contributed by atoms with E-state index in [1.54, 1.807) is 61.5 Å². The van der Waals surface area contributed by atoms with E-state index in [2.05, 4.69) is 21.3 Å². The Morgan fingerprint density at radius 3 is 1.96 bits per heavy atom. The van der Waals surface area contributed by atoms with Crippen LogP contribution in [-0.2, 0) is 41.6 Å². The second-order valence-corrected chi connectivity index (χ2v) is 15.1. The predicted molar refractivity (Wildman–Crippen MR) is 201 cm³/mol. The fourth-order valence-corrected chi connectivity index (χ4v) is 8.39. The van der Waals surface area contributed by atoms with Gasteiger partial charge in [0.25, 0.3) is 0 Å². The molecule has 13 heteroatoms. The summed E-state index contributed by atoms with van der Waals surface area (Å²) >= 11 is 1.40. The molecule has 1 saturated carbocycles. The van der Waals surface area contributed by atoms with Crippen LogP contribution < -0.4 is 21.3 Å². The van der Waals surface area contributed by atoms with Crippen molar-refractivity contribution in [2.75, 3.05) is 18.1 Å². The fourth-order valence-electron chi connectivity index (χ4n) is 7.22. The normalized spacial score (nSPS) is 20.2. The van der Waals surface area contributed by atoms with Gasteiger partial charge in [0.2, 0.25) is 23.6 Å². The van der Waals surface area contributed by atoms with Crippen LogP contribution in [0.2, 0.25) is 0 Å². The summed E-state index contributed by atoms with van der Waals surface area (Å²) in [4.78, 5) is 77.4. The molecule has 0 saturated heterocycles. The Labute approximate surface area is 313 Å². The van der Waals surface area contributed by atoms with Crippen LogP contribution in [0, 0.1) is 5.41 Å². The van der Waals surface area contributed by atoms with Gasteiger partial charge in [-0.05, 0) is 67.5 Å². The highest BCUT2D eigenvalue weighted by molar-refractivity contribution is 7.99. The van der Waals surface area contributed by atoms with E-state index < -0.39 is 65.3 Å². The summed E-state index contributed by atoms with van der Waals surface area (Å²) in [5.74, 6) is -3.33. The summed E-state index contributed by atoms with van der Waals surface area (Å²) in [7, 11) is 0. The summed E-state index contributed by atoms with van der Waals surface area (Å²) in [5.41, 5.74) is 3.66. The summed E-state index contributed by atoms with van der Waals surface area (Å²) in [6.45, 7) is 6.26. The number of carbonyl (C=O) groups is 6. The zero-order valence-corrected chi connectivity index (χ0v) is 31.1. The third kappa shape index (κ3) is 8.80. The van der Waals surface area contributed by atoms with Crippen molar-refractivity contribution >= 4 is 47.1 Å². The molecule has 4 amide bonds. The number of Topliss-reactive ketones (excluding diaryl/α,β-unsaturated/α-hetero) is 1. The number of nitrogens with one attached hydrogen (secondary N) is 4. The van der Waals surface area contributed by atoms with Crippen molar-refractivity contribution in [1.29, 1.82) is 0 Å². The van der Waals surface area contributed by atoms with E-state index in [1.165, 1.54) is 18.7 Å². The highest BCUT2D eigenvalue weighted by Gasteiger charge is 2.65. The van der Waals surface area contributed by atoms with E-state index in [4.69, 9.17) is 0 Å². The maximum atomic E-state index is 13.7. The quantitative estimate of drug-likeness (QED) is 0.150. The number of carbonyl (C=O) groups excluding carboxylic acids is 5. The first kappa shape index (κ1) is 39.2. The number of amides is 4. The van der Waals surface area contributed by atoms with Crippen LogP contribution in [0.5, 0.6) is 0 Å². The average Bonchev–Trinajstić information content (AvgIpc) is 3.88. The molecule has 3 aliphatic rings. The molecule has 0 aliphatic heterocycles. The van der Waals surface area contributed by atoms with Crippen molar-refractivity contribution in [2.24, 2.45) is 5.41 Å². The van der Waals surface area contributed by atoms with Gasteiger partial charge in [0, 0.05) is 42.3 Å². The number of aliphatic hydroxyl groups is 1. The Bertz CT molecular complexity index is 1880. The van der Waals surface area contributed by atoms with Gasteiger partial charge in [0.1, 0.15) is 23.7 Å². The molecule has 1 spiro atoms. The molecule has 53 heavy (non-hydrogen) atoms. The molecule has 0 radical (unpaired) electrons. The number of aliphatic carboxylic acids is 1. The lowest BCUT2D eigenvalue weighted by atomic mass is 9.67. The van der Waals surface area contributed by atoms with Gasteiger partial charge in [-0.15, -0.1) is 0 Å². The third-order valence-electron chi connectivity index (χ3n) is 10.3. The Morgan fingerprint density at radius 2 is 1.42 bits per heavy atom. The second kappa shape index (κ2) is 16.3. The third-order valence-corrected chi connectivity index (χ3v) is 11.4. The Hall–Kier alpha value is -5.01. The number of ketones is 1. The van der Waals surface area contributed by atoms with E-state index in [1.807, 2.05) is 26.0 Å². The minimum atomic E-state index is -1.46. The molecular weight excluding hydrogens is 697 g/mol. The smallest absolute Gasteiger partial charge is 0.326 e. The van der Waals surface area contributed by atoms with Gasteiger partial charge in [-0.3, -0.25) is 24.0 Å². The van der Waals surface area contributed by atoms with E-state index in [-0.39, 0.29) is 24.4 Å². The summed E-state index contributed by atoms with van der Waals surface area (Å²) in [5, 5.41) is 31.2. The van der Waals surface area contributed by atoms with Crippen LogP contribution >= 0.6 is 11.8 Å². The van der Waals surface area contributed by atoms with E-state index >= 15 is 0 Å². The molecule has 5 rings (SSSR count). The Kier molecular flexibility index (Phi) is 12.1. The van der Waals surface area contributed by atoms with Gasteiger partial charge < -0.3 is 31.5 Å². The molecule has 0 aromatic heterocycles. The zero-order valence-electron chi connectivity index (χ0n) is 30.3. The molecule has 280 valence electrons. The molecule has 4 atom stereocenters. The minimum absolute atomic E-state index is 0.0534. The van der Waals surface area contributed by atoms with Crippen LogP contribution in [0.25, 0.3) is 0 Å². The van der Waals surface area contributed by atoms with E-state index in [9.17, 15) is 39.0 Å². The number of carboxylic acids is 1. The molecule has 6 N–H and O–H groups in total. The first-order valence-corrected chi connectivity index (χ1v) is 18.7. The standard InChI is InChI=1S/C40H46N4O8S/c1-23-17-28-34(24(2)40(15-16-40)39(4,52)35(28)47)29(23)21-53-22-32(42-25(3)45)37(49)44-30(18-26-11-7-5-8-12-26)36(48)41-20-33(46)43-31(38(50)51)19-27-13-9-6-10-14-27/h5-14,17,30-32,52H,15-16,18-22H2,1-4H3,(H,41,48)(H,42,45)(H,43,46)(H,44,49)(H,50,51)/t30-,31-,32+,39-/m0/s1. The number of benzene rings is 2. The van der Waals surface area contributed by atoms with Crippen molar-refractivity contribution in [3.05, 3.63) is 106 Å². The predicted octanol–water partition coefficient (Wildman–Crippen LogP) is 2.57. The number of rotatable bonds is 16. The second-order valence-electron chi connectivity index (χ2n) is 14.1. The van der Waals surface area contributed by atoms with Crippen molar-refractivity contribution in [2.45, 2.75) is 77.1 Å². The van der Waals surface area contributed by atoms with Crippen molar-refractivity contribution in [3.8, 4) is 0 Å². The van der Waals surface area contributed by atoms with Gasteiger partial charge in [0.05, 0.1) is 6.54 Å². The van der Waals surface area contributed by atoms with Gasteiger partial charge in [0.15, 0.2) is 5.78 Å². The first-order chi connectivity index (χ1) is 25.1. The van der Waals surface area contributed by atoms with Crippen molar-refractivity contribution < 1.29 is 39.0 Å². The summed E-state index contributed by atoms with van der Waals surface area (Å²) < 4.78 is 0. The van der Waals surface area contributed by atoms with E-state index in [0.29, 0.717) is 11.3 Å².